The highest BCUT2D eigenvalue weighted by molar-refractivity contribution is 5.82. The number of rotatable bonds is 10. The summed E-state index contributed by atoms with van der Waals surface area (Å²) in [6.07, 6.45) is 4.19. The molecule has 1 fully saturated rings. The predicted molar refractivity (Wildman–Crippen MR) is 76.0 cm³/mol. The molecule has 0 spiro atoms. The number of hydrogen-bond acceptors (Lipinski definition) is 4. The first-order valence-electron chi connectivity index (χ1n) is 7.48. The van der Waals surface area contributed by atoms with E-state index in [1.165, 1.54) is 7.11 Å². The van der Waals surface area contributed by atoms with Gasteiger partial charge in [0.15, 0.2) is 0 Å². The Kier molecular flexibility index (Phi) is 6.80. The van der Waals surface area contributed by atoms with Crippen molar-refractivity contribution in [3.63, 3.8) is 0 Å². The molecular weight excluding hydrogens is 242 g/mol. The molecule has 112 valence electrons. The highest BCUT2D eigenvalue weighted by Gasteiger charge is 2.51. The molecule has 0 bridgehead atoms. The van der Waals surface area contributed by atoms with Crippen molar-refractivity contribution < 1.29 is 14.3 Å². The fraction of sp³-hybridized carbons (Fsp3) is 0.933. The van der Waals surface area contributed by atoms with E-state index in [0.29, 0.717) is 25.0 Å². The lowest BCUT2D eigenvalue weighted by atomic mass is 9.94. The number of esters is 1. The Hall–Kier alpha value is -0.610. The molecule has 19 heavy (non-hydrogen) atoms. The molecule has 1 N–H and O–H groups in total. The molecule has 0 radical (unpaired) electrons. The Morgan fingerprint density at radius 3 is 2.58 bits per heavy atom. The summed E-state index contributed by atoms with van der Waals surface area (Å²) < 4.78 is 10.8. The zero-order valence-electron chi connectivity index (χ0n) is 12.8. The van der Waals surface area contributed by atoms with E-state index in [1.54, 1.807) is 0 Å². The summed E-state index contributed by atoms with van der Waals surface area (Å²) in [5, 5.41) is 3.38. The van der Waals surface area contributed by atoms with Crippen LogP contribution in [0.4, 0.5) is 0 Å². The smallest absolute Gasteiger partial charge is 0.328 e. The SMILES string of the molecule is CCCNC(COCCC(C)C)(C(=O)OC)C1CC1. The van der Waals surface area contributed by atoms with Gasteiger partial charge in [-0.05, 0) is 44.1 Å². The fourth-order valence-corrected chi connectivity index (χ4v) is 2.27. The van der Waals surface area contributed by atoms with Crippen LogP contribution in [0.2, 0.25) is 0 Å². The Bertz CT molecular complexity index is 277. The standard InChI is InChI=1S/C15H29NO3/c1-5-9-16-15(13-6-7-13,14(17)18-4)11-19-10-8-12(2)3/h12-13,16H,5-11H2,1-4H3. The number of nitrogens with one attached hydrogen (secondary N) is 1. The van der Waals surface area contributed by atoms with E-state index in [4.69, 9.17) is 9.47 Å². The maximum atomic E-state index is 12.2. The predicted octanol–water partition coefficient (Wildman–Crippen LogP) is 2.37. The van der Waals surface area contributed by atoms with Gasteiger partial charge in [0.05, 0.1) is 13.7 Å². The van der Waals surface area contributed by atoms with Crippen molar-refractivity contribution in [2.75, 3.05) is 26.9 Å². The summed E-state index contributed by atoms with van der Waals surface area (Å²) in [5.41, 5.74) is -0.623. The van der Waals surface area contributed by atoms with Crippen molar-refractivity contribution in [2.45, 2.75) is 52.0 Å². The summed E-state index contributed by atoms with van der Waals surface area (Å²) in [5.74, 6) is 0.815. The quantitative estimate of drug-likeness (QED) is 0.489. The van der Waals surface area contributed by atoms with Gasteiger partial charge in [-0.2, -0.15) is 0 Å². The first kappa shape index (κ1) is 16.4. The normalized spacial score (nSPS) is 18.4. The Balaban J connectivity index is 2.58. The van der Waals surface area contributed by atoms with Crippen molar-refractivity contribution >= 4 is 5.97 Å². The minimum absolute atomic E-state index is 0.173. The van der Waals surface area contributed by atoms with Gasteiger partial charge in [0, 0.05) is 6.61 Å². The molecule has 1 aliphatic carbocycles. The number of carbonyl (C=O) groups is 1. The van der Waals surface area contributed by atoms with Crippen LogP contribution in [0.15, 0.2) is 0 Å². The molecule has 1 aliphatic rings. The second-order valence-corrected chi connectivity index (χ2v) is 5.90. The second-order valence-electron chi connectivity index (χ2n) is 5.90. The van der Waals surface area contributed by atoms with Gasteiger partial charge in [-0.1, -0.05) is 20.8 Å². The van der Waals surface area contributed by atoms with Crippen LogP contribution in [0.3, 0.4) is 0 Å². The molecule has 0 aromatic carbocycles. The van der Waals surface area contributed by atoms with Crippen molar-refractivity contribution in [3.05, 3.63) is 0 Å². The van der Waals surface area contributed by atoms with Crippen LogP contribution in [-0.2, 0) is 14.3 Å². The van der Waals surface area contributed by atoms with Gasteiger partial charge in [0.25, 0.3) is 0 Å². The van der Waals surface area contributed by atoms with Crippen molar-refractivity contribution in [2.24, 2.45) is 11.8 Å². The number of methoxy groups -OCH3 is 1. The van der Waals surface area contributed by atoms with Crippen LogP contribution in [0.25, 0.3) is 0 Å². The average Bonchev–Trinajstić information content (AvgIpc) is 3.22. The summed E-state index contributed by atoms with van der Waals surface area (Å²) in [6, 6.07) is 0. The van der Waals surface area contributed by atoms with Gasteiger partial charge >= 0.3 is 5.97 Å². The minimum atomic E-state index is -0.623. The van der Waals surface area contributed by atoms with Gasteiger partial charge in [-0.25, -0.2) is 4.79 Å². The Morgan fingerprint density at radius 2 is 2.11 bits per heavy atom. The average molecular weight is 271 g/mol. The zero-order chi connectivity index (χ0) is 14.3. The van der Waals surface area contributed by atoms with Gasteiger partial charge in [0.2, 0.25) is 0 Å². The topological polar surface area (TPSA) is 47.6 Å². The number of ether oxygens (including phenoxy) is 2. The molecule has 0 aliphatic heterocycles. The minimum Gasteiger partial charge on any atom is -0.468 e. The molecule has 0 saturated heterocycles. The summed E-state index contributed by atoms with van der Waals surface area (Å²) in [7, 11) is 1.46. The monoisotopic (exact) mass is 271 g/mol. The molecular formula is C15H29NO3. The van der Waals surface area contributed by atoms with Crippen LogP contribution >= 0.6 is 0 Å². The van der Waals surface area contributed by atoms with E-state index >= 15 is 0 Å². The van der Waals surface area contributed by atoms with Gasteiger partial charge in [0.1, 0.15) is 5.54 Å². The molecule has 0 amide bonds. The molecule has 1 rings (SSSR count). The third-order valence-electron chi connectivity index (χ3n) is 3.68. The largest absolute Gasteiger partial charge is 0.468 e. The molecule has 4 nitrogen and oxygen atoms in total. The van der Waals surface area contributed by atoms with Crippen molar-refractivity contribution in [3.8, 4) is 0 Å². The molecule has 0 aromatic rings. The lowest BCUT2D eigenvalue weighted by molar-refractivity contribution is -0.153. The second kappa shape index (κ2) is 7.85. The molecule has 4 heteroatoms. The van der Waals surface area contributed by atoms with E-state index in [9.17, 15) is 4.79 Å². The van der Waals surface area contributed by atoms with E-state index in [1.807, 2.05) is 0 Å². The van der Waals surface area contributed by atoms with Gasteiger partial charge in [-0.15, -0.1) is 0 Å². The maximum Gasteiger partial charge on any atom is 0.328 e. The Morgan fingerprint density at radius 1 is 1.42 bits per heavy atom. The lowest BCUT2D eigenvalue weighted by Crippen LogP contribution is -2.58. The molecule has 0 heterocycles. The maximum absolute atomic E-state index is 12.2. The van der Waals surface area contributed by atoms with Crippen LogP contribution in [-0.4, -0.2) is 38.4 Å². The highest BCUT2D eigenvalue weighted by atomic mass is 16.5. The van der Waals surface area contributed by atoms with Crippen LogP contribution in [0.1, 0.15) is 46.5 Å². The fourth-order valence-electron chi connectivity index (χ4n) is 2.27. The van der Waals surface area contributed by atoms with Gasteiger partial charge in [-0.3, -0.25) is 5.32 Å². The first-order chi connectivity index (χ1) is 9.06. The number of carbonyl (C=O) groups excluding carboxylic acids is 1. The van der Waals surface area contributed by atoms with Crippen molar-refractivity contribution in [1.29, 1.82) is 0 Å². The summed E-state index contributed by atoms with van der Waals surface area (Å²) in [4.78, 5) is 12.2. The summed E-state index contributed by atoms with van der Waals surface area (Å²) in [6.45, 7) is 8.40. The zero-order valence-corrected chi connectivity index (χ0v) is 12.8. The molecule has 1 unspecified atom stereocenters. The van der Waals surface area contributed by atoms with Crippen molar-refractivity contribution in [1.82, 2.24) is 5.32 Å². The molecule has 0 aromatic heterocycles. The third kappa shape index (κ3) is 4.77. The highest BCUT2D eigenvalue weighted by Crippen LogP contribution is 2.40. The molecule has 1 atom stereocenters. The van der Waals surface area contributed by atoms with E-state index in [2.05, 4.69) is 26.1 Å². The summed E-state index contributed by atoms with van der Waals surface area (Å²) >= 11 is 0. The van der Waals surface area contributed by atoms with Crippen LogP contribution in [0, 0.1) is 11.8 Å². The lowest BCUT2D eigenvalue weighted by Gasteiger charge is -2.32. The third-order valence-corrected chi connectivity index (χ3v) is 3.68. The van der Waals surface area contributed by atoms with Gasteiger partial charge < -0.3 is 9.47 Å². The molecule has 1 saturated carbocycles. The van der Waals surface area contributed by atoms with E-state index in [-0.39, 0.29) is 5.97 Å². The number of hydrogen-bond donors (Lipinski definition) is 1. The van der Waals surface area contributed by atoms with E-state index < -0.39 is 5.54 Å². The first-order valence-corrected chi connectivity index (χ1v) is 7.48. The van der Waals surface area contributed by atoms with E-state index in [0.717, 1.165) is 32.2 Å². The van der Waals surface area contributed by atoms with Crippen LogP contribution < -0.4 is 5.32 Å². The van der Waals surface area contributed by atoms with Crippen LogP contribution in [0.5, 0.6) is 0 Å². The Labute approximate surface area is 117 Å².